The lowest BCUT2D eigenvalue weighted by atomic mass is 9.98. The van der Waals surface area contributed by atoms with Crippen molar-refractivity contribution >= 4 is 49.4 Å². The van der Waals surface area contributed by atoms with E-state index in [1.807, 2.05) is 6.08 Å². The zero-order valence-electron chi connectivity index (χ0n) is 20.5. The fourth-order valence-corrected chi connectivity index (χ4v) is 6.42. The summed E-state index contributed by atoms with van der Waals surface area (Å²) in [6.45, 7) is 2.15. The van der Waals surface area contributed by atoms with E-state index in [9.17, 15) is 0 Å². The van der Waals surface area contributed by atoms with Crippen molar-refractivity contribution in [1.29, 1.82) is 0 Å². The maximum atomic E-state index is 5.91. The van der Waals surface area contributed by atoms with Gasteiger partial charge in [0.05, 0.1) is 11.0 Å². The largest absolute Gasteiger partial charge is 0.405 e. The van der Waals surface area contributed by atoms with E-state index < -0.39 is 0 Å². The van der Waals surface area contributed by atoms with Gasteiger partial charge in [0, 0.05) is 22.0 Å². The van der Waals surface area contributed by atoms with E-state index in [-0.39, 0.29) is 0 Å². The summed E-state index contributed by atoms with van der Waals surface area (Å²) in [7, 11) is 0. The standard InChI is InChI=1S/C35H24N2/c1-21-12-15-30-27-8-2-3-11-33(27)37(35(30)26(21)16-17-36)25-14-13-23-19-31-28-9-4-6-22-7-5-10-29(34(22)28)32(31)20-24(23)18-25/h2-20H,36H2,1H3/b17-16-. The van der Waals surface area contributed by atoms with Crippen LogP contribution in [0, 0.1) is 6.92 Å². The van der Waals surface area contributed by atoms with Crippen LogP contribution in [0.25, 0.3) is 77.4 Å². The molecule has 0 bridgehead atoms. The molecule has 2 nitrogen and oxygen atoms in total. The summed E-state index contributed by atoms with van der Waals surface area (Å²) < 4.78 is 2.40. The van der Waals surface area contributed by atoms with Crippen LogP contribution in [0.5, 0.6) is 0 Å². The molecule has 8 rings (SSSR count). The lowest BCUT2D eigenvalue weighted by Gasteiger charge is -2.13. The quantitative estimate of drug-likeness (QED) is 0.267. The number of hydrogen-bond acceptors (Lipinski definition) is 1. The van der Waals surface area contributed by atoms with Crippen LogP contribution < -0.4 is 5.73 Å². The van der Waals surface area contributed by atoms with E-state index in [0.29, 0.717) is 0 Å². The Labute approximate surface area is 214 Å². The van der Waals surface area contributed by atoms with Crippen molar-refractivity contribution in [3.8, 4) is 27.9 Å². The smallest absolute Gasteiger partial charge is 0.0616 e. The molecule has 0 aliphatic heterocycles. The monoisotopic (exact) mass is 472 g/mol. The Kier molecular flexibility index (Phi) is 4.05. The molecule has 37 heavy (non-hydrogen) atoms. The molecule has 1 aliphatic carbocycles. The van der Waals surface area contributed by atoms with E-state index in [2.05, 4.69) is 115 Å². The molecule has 174 valence electrons. The molecule has 1 aliphatic rings. The molecule has 0 radical (unpaired) electrons. The molecule has 0 spiro atoms. The molecule has 0 saturated heterocycles. The first-order valence-electron chi connectivity index (χ1n) is 12.7. The fraction of sp³-hybridized carbons (Fsp3) is 0.0286. The van der Waals surface area contributed by atoms with E-state index in [0.717, 1.165) is 11.3 Å². The van der Waals surface area contributed by atoms with Gasteiger partial charge in [-0.1, -0.05) is 72.8 Å². The SMILES string of the molecule is Cc1ccc2c3ccccc3n(-c3ccc4cc5c(cc4c3)-c3cccc4cccc-5c34)c2c1/C=C\N. The van der Waals surface area contributed by atoms with Crippen molar-refractivity contribution in [1.82, 2.24) is 4.57 Å². The van der Waals surface area contributed by atoms with Crippen molar-refractivity contribution in [2.24, 2.45) is 5.73 Å². The van der Waals surface area contributed by atoms with E-state index in [1.54, 1.807) is 6.20 Å². The first-order valence-corrected chi connectivity index (χ1v) is 12.7. The third kappa shape index (κ3) is 2.70. The Morgan fingerprint density at radius 1 is 0.622 bits per heavy atom. The molecular weight excluding hydrogens is 448 g/mol. The normalized spacial score (nSPS) is 12.5. The van der Waals surface area contributed by atoms with Gasteiger partial charge in [-0.15, -0.1) is 0 Å². The zero-order chi connectivity index (χ0) is 24.7. The molecule has 0 atom stereocenters. The number of nitrogens with two attached hydrogens (primary N) is 1. The van der Waals surface area contributed by atoms with Crippen LogP contribution in [-0.4, -0.2) is 4.57 Å². The number of fused-ring (bicyclic) bond motifs is 7. The Morgan fingerprint density at radius 2 is 1.38 bits per heavy atom. The lowest BCUT2D eigenvalue weighted by molar-refractivity contribution is 1.18. The van der Waals surface area contributed by atoms with Gasteiger partial charge >= 0.3 is 0 Å². The molecule has 2 heteroatoms. The number of hydrogen-bond donors (Lipinski definition) is 1. The van der Waals surface area contributed by atoms with Crippen LogP contribution in [-0.2, 0) is 0 Å². The number of aryl methyl sites for hydroxylation is 1. The molecule has 0 fully saturated rings. The first kappa shape index (κ1) is 20.4. The van der Waals surface area contributed by atoms with Gasteiger partial charge in [-0.2, -0.15) is 0 Å². The topological polar surface area (TPSA) is 30.9 Å². The van der Waals surface area contributed by atoms with Crippen LogP contribution in [0.2, 0.25) is 0 Å². The number of benzene rings is 6. The average Bonchev–Trinajstić information content (AvgIpc) is 3.43. The summed E-state index contributed by atoms with van der Waals surface area (Å²) in [5.74, 6) is 0. The fourth-order valence-electron chi connectivity index (χ4n) is 6.42. The molecule has 0 unspecified atom stereocenters. The van der Waals surface area contributed by atoms with Crippen LogP contribution >= 0.6 is 0 Å². The summed E-state index contributed by atoms with van der Waals surface area (Å²) >= 11 is 0. The predicted octanol–water partition coefficient (Wildman–Crippen LogP) is 8.98. The Hall–Kier alpha value is -4.82. The van der Waals surface area contributed by atoms with E-state index in [1.165, 1.54) is 71.2 Å². The Balaban J connectivity index is 1.44. The highest BCUT2D eigenvalue weighted by Crippen LogP contribution is 2.48. The molecule has 2 N–H and O–H groups in total. The van der Waals surface area contributed by atoms with Gasteiger partial charge in [-0.05, 0) is 98.9 Å². The highest BCUT2D eigenvalue weighted by molar-refractivity contribution is 6.17. The summed E-state index contributed by atoms with van der Waals surface area (Å²) in [5.41, 5.74) is 17.2. The minimum atomic E-state index is 1.16. The summed E-state index contributed by atoms with van der Waals surface area (Å²) in [5, 5.41) is 7.66. The minimum absolute atomic E-state index is 1.16. The number of nitrogens with zero attached hydrogens (tertiary/aromatic N) is 1. The highest BCUT2D eigenvalue weighted by atomic mass is 15.0. The molecule has 0 amide bonds. The molecule has 0 saturated carbocycles. The van der Waals surface area contributed by atoms with Crippen LogP contribution in [0.4, 0.5) is 0 Å². The first-order chi connectivity index (χ1) is 18.2. The second kappa shape index (κ2) is 7.35. The van der Waals surface area contributed by atoms with Gasteiger partial charge in [0.25, 0.3) is 0 Å². The third-order valence-electron chi connectivity index (χ3n) is 8.06. The van der Waals surface area contributed by atoms with Crippen LogP contribution in [0.15, 0.2) is 109 Å². The average molecular weight is 473 g/mol. The van der Waals surface area contributed by atoms with Gasteiger partial charge < -0.3 is 10.3 Å². The van der Waals surface area contributed by atoms with Crippen molar-refractivity contribution < 1.29 is 0 Å². The number of rotatable bonds is 2. The van der Waals surface area contributed by atoms with Crippen molar-refractivity contribution in [3.05, 3.63) is 120 Å². The second-order valence-corrected chi connectivity index (χ2v) is 10.0. The Bertz CT molecular complexity index is 2100. The maximum absolute atomic E-state index is 5.91. The number of aromatic nitrogens is 1. The van der Waals surface area contributed by atoms with Crippen LogP contribution in [0.3, 0.4) is 0 Å². The maximum Gasteiger partial charge on any atom is 0.0616 e. The van der Waals surface area contributed by atoms with E-state index in [4.69, 9.17) is 5.73 Å². The van der Waals surface area contributed by atoms with Gasteiger partial charge in [0.2, 0.25) is 0 Å². The van der Waals surface area contributed by atoms with Crippen LogP contribution in [0.1, 0.15) is 11.1 Å². The van der Waals surface area contributed by atoms with Crippen molar-refractivity contribution in [2.75, 3.05) is 0 Å². The summed E-state index contributed by atoms with van der Waals surface area (Å²) in [6.07, 6.45) is 3.67. The molecule has 6 aromatic carbocycles. The van der Waals surface area contributed by atoms with Gasteiger partial charge in [0.15, 0.2) is 0 Å². The Morgan fingerprint density at radius 3 is 2.16 bits per heavy atom. The molecular formula is C35H24N2. The lowest BCUT2D eigenvalue weighted by Crippen LogP contribution is -1.97. The number of para-hydroxylation sites is 1. The van der Waals surface area contributed by atoms with Gasteiger partial charge in [0.1, 0.15) is 0 Å². The van der Waals surface area contributed by atoms with Crippen molar-refractivity contribution in [2.45, 2.75) is 6.92 Å². The predicted molar refractivity (Wildman–Crippen MR) is 158 cm³/mol. The van der Waals surface area contributed by atoms with Gasteiger partial charge in [-0.3, -0.25) is 0 Å². The third-order valence-corrected chi connectivity index (χ3v) is 8.06. The molecule has 7 aromatic rings. The highest BCUT2D eigenvalue weighted by Gasteiger charge is 2.22. The second-order valence-electron chi connectivity index (χ2n) is 10.0. The molecule has 1 aromatic heterocycles. The minimum Gasteiger partial charge on any atom is -0.405 e. The summed E-state index contributed by atoms with van der Waals surface area (Å²) in [4.78, 5) is 0. The summed E-state index contributed by atoms with van der Waals surface area (Å²) in [6, 6.07) is 38.0. The van der Waals surface area contributed by atoms with Gasteiger partial charge in [-0.25, -0.2) is 0 Å². The van der Waals surface area contributed by atoms with Crippen molar-refractivity contribution in [3.63, 3.8) is 0 Å². The van der Waals surface area contributed by atoms with E-state index >= 15 is 0 Å². The molecule has 1 heterocycles. The zero-order valence-corrected chi connectivity index (χ0v) is 20.5.